The van der Waals surface area contributed by atoms with E-state index in [4.69, 9.17) is 0 Å². The maximum Gasteiger partial charge on any atom is 0.276 e. The van der Waals surface area contributed by atoms with Gasteiger partial charge < -0.3 is 10.2 Å². The van der Waals surface area contributed by atoms with Crippen molar-refractivity contribution in [3.8, 4) is 0 Å². The first-order valence-corrected chi connectivity index (χ1v) is 8.85. The third-order valence-corrected chi connectivity index (χ3v) is 4.41. The van der Waals surface area contributed by atoms with E-state index in [2.05, 4.69) is 34.5 Å². The van der Waals surface area contributed by atoms with Crippen LogP contribution in [0.3, 0.4) is 0 Å². The van der Waals surface area contributed by atoms with Crippen LogP contribution in [0, 0.1) is 5.92 Å². The monoisotopic (exact) mass is 356 g/mol. The Labute approximate surface area is 152 Å². The van der Waals surface area contributed by atoms with Gasteiger partial charge in [0.15, 0.2) is 11.4 Å². The number of fused-ring (bicyclic) bond motifs is 1. The Balaban J connectivity index is 1.69. The molecular weight excluding hydrogens is 332 g/mol. The molecule has 2 aromatic rings. The molecule has 0 saturated carbocycles. The highest BCUT2D eigenvalue weighted by molar-refractivity contribution is 6.05. The molecule has 0 saturated heterocycles. The number of pyridine rings is 1. The number of likely N-dealkylation sites (N-methyl/N-ethyl adjacent to an activating group) is 1. The second kappa shape index (κ2) is 7.63. The number of amides is 2. The fraction of sp³-hybridized carbons (Fsp3) is 0.500. The minimum atomic E-state index is -0.306. The molecular formula is C18H24N6O2. The van der Waals surface area contributed by atoms with Gasteiger partial charge in [0.1, 0.15) is 0 Å². The van der Waals surface area contributed by atoms with Crippen LogP contribution in [0.1, 0.15) is 46.9 Å². The third-order valence-electron chi connectivity index (χ3n) is 4.41. The molecule has 26 heavy (non-hydrogen) atoms. The number of hydrogen-bond donors (Lipinski definition) is 1. The van der Waals surface area contributed by atoms with E-state index >= 15 is 0 Å². The summed E-state index contributed by atoms with van der Waals surface area (Å²) in [5.74, 6) is -0.128. The first-order valence-electron chi connectivity index (χ1n) is 8.85. The molecule has 138 valence electrons. The Morgan fingerprint density at radius 2 is 2.23 bits per heavy atom. The Morgan fingerprint density at radius 1 is 1.42 bits per heavy atom. The van der Waals surface area contributed by atoms with Crippen molar-refractivity contribution >= 4 is 11.8 Å². The van der Waals surface area contributed by atoms with E-state index in [1.165, 1.54) is 0 Å². The van der Waals surface area contributed by atoms with Gasteiger partial charge in [0, 0.05) is 37.9 Å². The lowest BCUT2D eigenvalue weighted by Crippen LogP contribution is -2.46. The molecule has 2 aromatic heterocycles. The van der Waals surface area contributed by atoms with Crippen molar-refractivity contribution in [2.45, 2.75) is 39.3 Å². The van der Waals surface area contributed by atoms with Crippen molar-refractivity contribution in [1.82, 2.24) is 30.2 Å². The summed E-state index contributed by atoms with van der Waals surface area (Å²) in [7, 11) is 1.69. The molecule has 0 spiro atoms. The number of carbonyl (C=O) groups is 2. The van der Waals surface area contributed by atoms with E-state index in [9.17, 15) is 9.59 Å². The molecule has 0 radical (unpaired) electrons. The molecule has 0 unspecified atom stereocenters. The van der Waals surface area contributed by atoms with Crippen molar-refractivity contribution < 1.29 is 9.59 Å². The minimum Gasteiger partial charge on any atom is -0.346 e. The summed E-state index contributed by atoms with van der Waals surface area (Å²) in [4.78, 5) is 31.0. The summed E-state index contributed by atoms with van der Waals surface area (Å²) in [6, 6.07) is 5.70. The van der Waals surface area contributed by atoms with E-state index in [1.807, 2.05) is 18.2 Å². The first kappa shape index (κ1) is 18.0. The van der Waals surface area contributed by atoms with Crippen LogP contribution in [-0.4, -0.2) is 56.3 Å². The highest BCUT2D eigenvalue weighted by atomic mass is 16.2. The van der Waals surface area contributed by atoms with Gasteiger partial charge in [-0.2, -0.15) is 0 Å². The summed E-state index contributed by atoms with van der Waals surface area (Å²) in [6.07, 6.45) is 3.22. The van der Waals surface area contributed by atoms with E-state index in [-0.39, 0.29) is 29.2 Å². The summed E-state index contributed by atoms with van der Waals surface area (Å²) in [5.41, 5.74) is 1.26. The molecule has 1 atom stereocenters. The number of nitrogens with one attached hydrogen (secondary N) is 1. The smallest absolute Gasteiger partial charge is 0.276 e. The molecule has 0 aliphatic carbocycles. The Kier molecular flexibility index (Phi) is 5.29. The van der Waals surface area contributed by atoms with Gasteiger partial charge >= 0.3 is 0 Å². The van der Waals surface area contributed by atoms with E-state index < -0.39 is 0 Å². The predicted octanol–water partition coefficient (Wildman–Crippen LogP) is 1.15. The van der Waals surface area contributed by atoms with Crippen LogP contribution < -0.4 is 5.32 Å². The summed E-state index contributed by atoms with van der Waals surface area (Å²) >= 11 is 0. The third kappa shape index (κ3) is 3.89. The maximum atomic E-state index is 12.7. The predicted molar refractivity (Wildman–Crippen MR) is 95.6 cm³/mol. The number of carbonyl (C=O) groups excluding carboxylic acids is 2. The highest BCUT2D eigenvalue weighted by Gasteiger charge is 2.33. The number of aromatic nitrogens is 4. The van der Waals surface area contributed by atoms with Crippen molar-refractivity contribution in [3.05, 3.63) is 41.5 Å². The molecule has 3 heterocycles. The van der Waals surface area contributed by atoms with Crippen molar-refractivity contribution in [2.24, 2.45) is 5.92 Å². The Bertz CT molecular complexity index is 786. The van der Waals surface area contributed by atoms with Gasteiger partial charge in [-0.3, -0.25) is 14.6 Å². The molecule has 0 fully saturated rings. The molecule has 3 rings (SSSR count). The van der Waals surface area contributed by atoms with Gasteiger partial charge in [0.2, 0.25) is 0 Å². The van der Waals surface area contributed by atoms with Crippen LogP contribution in [0.25, 0.3) is 0 Å². The van der Waals surface area contributed by atoms with Crippen LogP contribution >= 0.6 is 0 Å². The molecule has 8 nitrogen and oxygen atoms in total. The van der Waals surface area contributed by atoms with Gasteiger partial charge in [0.25, 0.3) is 11.8 Å². The van der Waals surface area contributed by atoms with Gasteiger partial charge in [-0.25, -0.2) is 4.68 Å². The second-order valence-corrected chi connectivity index (χ2v) is 7.07. The first-order chi connectivity index (χ1) is 12.5. The molecule has 1 aliphatic heterocycles. The summed E-state index contributed by atoms with van der Waals surface area (Å²) < 4.78 is 1.55. The lowest BCUT2D eigenvalue weighted by molar-refractivity contribution is 0.0776. The van der Waals surface area contributed by atoms with Crippen LogP contribution in [0.5, 0.6) is 0 Å². The minimum absolute atomic E-state index is 0.0153. The van der Waals surface area contributed by atoms with Gasteiger partial charge in [-0.1, -0.05) is 25.1 Å². The van der Waals surface area contributed by atoms with E-state index in [0.29, 0.717) is 25.4 Å². The average molecular weight is 356 g/mol. The summed E-state index contributed by atoms with van der Waals surface area (Å²) in [6.45, 7) is 5.24. The van der Waals surface area contributed by atoms with Crippen LogP contribution in [0.4, 0.5) is 0 Å². The standard InChI is InChI=1S/C18H24N6O2/c1-12(2)10-14-11-24-16(17(25)20-14)15(21-22-24)18(26)23(3)9-7-13-6-4-5-8-19-13/h4-6,8,12,14H,7,9-11H2,1-3H3,(H,20,25)/t14-/m0/s1. The van der Waals surface area contributed by atoms with Crippen LogP contribution in [0.2, 0.25) is 0 Å². The van der Waals surface area contributed by atoms with Crippen LogP contribution in [0.15, 0.2) is 24.4 Å². The second-order valence-electron chi connectivity index (χ2n) is 7.07. The van der Waals surface area contributed by atoms with Gasteiger partial charge in [0.05, 0.1) is 6.54 Å². The average Bonchev–Trinajstić information content (AvgIpc) is 3.03. The van der Waals surface area contributed by atoms with E-state index in [0.717, 1.165) is 12.1 Å². The van der Waals surface area contributed by atoms with Gasteiger partial charge in [-0.05, 0) is 24.5 Å². The van der Waals surface area contributed by atoms with Gasteiger partial charge in [-0.15, -0.1) is 5.10 Å². The zero-order valence-electron chi connectivity index (χ0n) is 15.3. The number of hydrogen-bond acceptors (Lipinski definition) is 5. The van der Waals surface area contributed by atoms with Crippen molar-refractivity contribution in [2.75, 3.05) is 13.6 Å². The largest absolute Gasteiger partial charge is 0.346 e. The van der Waals surface area contributed by atoms with Crippen LogP contribution in [-0.2, 0) is 13.0 Å². The molecule has 1 N–H and O–H groups in total. The maximum absolute atomic E-state index is 12.7. The Morgan fingerprint density at radius 3 is 2.92 bits per heavy atom. The molecule has 8 heteroatoms. The quantitative estimate of drug-likeness (QED) is 0.838. The zero-order chi connectivity index (χ0) is 18.7. The lowest BCUT2D eigenvalue weighted by Gasteiger charge is -2.26. The highest BCUT2D eigenvalue weighted by Crippen LogP contribution is 2.17. The Hall–Kier alpha value is -2.77. The molecule has 0 aromatic carbocycles. The number of nitrogens with zero attached hydrogens (tertiary/aromatic N) is 5. The fourth-order valence-corrected chi connectivity index (χ4v) is 3.13. The van der Waals surface area contributed by atoms with Crippen molar-refractivity contribution in [3.63, 3.8) is 0 Å². The molecule has 2 amide bonds. The summed E-state index contributed by atoms with van der Waals surface area (Å²) in [5, 5.41) is 11.0. The molecule has 1 aliphatic rings. The normalized spacial score (nSPS) is 16.3. The topological polar surface area (TPSA) is 93.0 Å². The lowest BCUT2D eigenvalue weighted by atomic mass is 10.0. The van der Waals surface area contributed by atoms with Crippen molar-refractivity contribution in [1.29, 1.82) is 0 Å². The molecule has 0 bridgehead atoms. The SMILES string of the molecule is CC(C)C[C@H]1Cn2nnc(C(=O)N(C)CCc3ccccn3)c2C(=O)N1. The fourth-order valence-electron chi connectivity index (χ4n) is 3.13. The van der Waals surface area contributed by atoms with E-state index in [1.54, 1.807) is 22.8 Å². The number of rotatable bonds is 6. The zero-order valence-corrected chi connectivity index (χ0v) is 15.3.